The molecular formula is C42H50N10O7. The third-order valence-electron chi connectivity index (χ3n) is 11.7. The quantitative estimate of drug-likeness (QED) is 0.0283. The topological polar surface area (TPSA) is 224 Å². The van der Waals surface area contributed by atoms with E-state index in [4.69, 9.17) is 29.8 Å². The zero-order valence-corrected chi connectivity index (χ0v) is 34.1. The van der Waals surface area contributed by atoms with Gasteiger partial charge in [-0.15, -0.1) is 0 Å². The molecule has 2 amide bonds. The molecule has 2 atom stereocenters. The van der Waals surface area contributed by atoms with Gasteiger partial charge < -0.3 is 29.4 Å². The number of aryl methyl sites for hydroxylation is 2. The van der Waals surface area contributed by atoms with Gasteiger partial charge in [0.15, 0.2) is 0 Å². The van der Waals surface area contributed by atoms with Crippen molar-refractivity contribution in [3.8, 4) is 0 Å². The molecule has 7 heterocycles. The van der Waals surface area contributed by atoms with E-state index in [9.17, 15) is 19.5 Å². The van der Waals surface area contributed by atoms with E-state index in [0.717, 1.165) is 44.7 Å². The fourth-order valence-electron chi connectivity index (χ4n) is 8.35. The molecule has 0 aromatic carbocycles. The third-order valence-corrected chi connectivity index (χ3v) is 11.7. The average molecular weight is 807 g/mol. The monoisotopic (exact) mass is 806 g/mol. The number of aromatic nitrogens is 4. The Morgan fingerprint density at radius 3 is 2.49 bits per heavy atom. The second kappa shape index (κ2) is 18.0. The number of H-pyrrole nitrogens is 2. The summed E-state index contributed by atoms with van der Waals surface area (Å²) < 4.78 is 11.0. The number of amides is 2. The smallest absolute Gasteiger partial charge is 0.303 e. The minimum Gasteiger partial charge on any atom is -0.481 e. The van der Waals surface area contributed by atoms with Crippen molar-refractivity contribution in [2.45, 2.75) is 65.7 Å². The number of aromatic amines is 2. The molecule has 1 saturated heterocycles. The van der Waals surface area contributed by atoms with Crippen LogP contribution in [0.1, 0.15) is 112 Å². The molecule has 7 rings (SSSR count). The Kier molecular flexibility index (Phi) is 12.6. The van der Waals surface area contributed by atoms with Gasteiger partial charge in [0.1, 0.15) is 6.61 Å². The lowest BCUT2D eigenvalue weighted by molar-refractivity contribution is -0.137. The number of carbonyl (C=O) groups is 3. The van der Waals surface area contributed by atoms with Gasteiger partial charge in [-0.25, -0.2) is 4.98 Å². The van der Waals surface area contributed by atoms with Gasteiger partial charge in [0.25, 0.3) is 11.8 Å². The molecule has 4 aliphatic rings. The summed E-state index contributed by atoms with van der Waals surface area (Å²) in [7, 11) is 0. The first-order chi connectivity index (χ1) is 28.5. The summed E-state index contributed by atoms with van der Waals surface area (Å²) in [6.07, 6.45) is 2.47. The lowest BCUT2D eigenvalue weighted by Gasteiger charge is -2.31. The van der Waals surface area contributed by atoms with E-state index in [-0.39, 0.29) is 63.1 Å². The summed E-state index contributed by atoms with van der Waals surface area (Å²) in [6.45, 7) is 14.2. The maximum Gasteiger partial charge on any atom is 0.303 e. The van der Waals surface area contributed by atoms with Gasteiger partial charge >= 0.3 is 5.97 Å². The van der Waals surface area contributed by atoms with Crippen molar-refractivity contribution in [3.05, 3.63) is 79.2 Å². The van der Waals surface area contributed by atoms with Gasteiger partial charge in [-0.1, -0.05) is 24.1 Å². The first-order valence-electron chi connectivity index (χ1n) is 20.1. The number of azide groups is 1. The molecule has 0 aliphatic carbocycles. The Morgan fingerprint density at radius 2 is 1.75 bits per heavy atom. The van der Waals surface area contributed by atoms with Crippen LogP contribution in [-0.4, -0.2) is 125 Å². The lowest BCUT2D eigenvalue weighted by atomic mass is 9.84. The summed E-state index contributed by atoms with van der Waals surface area (Å²) in [5.74, 6) is -2.48. The number of aliphatic carboxylic acids is 1. The van der Waals surface area contributed by atoms with E-state index in [1.807, 2.05) is 45.9 Å². The van der Waals surface area contributed by atoms with Crippen molar-refractivity contribution in [1.29, 1.82) is 0 Å². The number of allylic oxidation sites excluding steroid dienone is 2. The largest absolute Gasteiger partial charge is 0.481 e. The molecule has 1 fully saturated rings. The molecule has 0 spiro atoms. The molecule has 0 radical (unpaired) electrons. The van der Waals surface area contributed by atoms with Gasteiger partial charge in [0.05, 0.1) is 66.4 Å². The standard InChI is InChI=1S/C42H50N10O7/c1-6-27-23(2)31-20-35-29(22-45-59-18-17-57-14-9-44-50-43)25(4)30(47-35)19-32-24(3)28(7-8-36(53)54)39(48-32)38-40-37(26(5)33(49-40)21-34(27)46-31)41(55)52(42(38)56)11-10-51-12-15-58-16-13-51/h19-22,24,28,47,49H,6-18H2,1-5H3,(H,53,54)/t24-,28-/m0/s1. The molecule has 4 aliphatic heterocycles. The van der Waals surface area contributed by atoms with Gasteiger partial charge in [0.2, 0.25) is 0 Å². The number of carbonyl (C=O) groups excluding carboxylic acids is 2. The number of carboxylic acids is 1. The minimum absolute atomic E-state index is 0.123. The highest BCUT2D eigenvalue weighted by molar-refractivity contribution is 6.23. The fourth-order valence-corrected chi connectivity index (χ4v) is 8.35. The molecule has 3 N–H and O–H groups in total. The summed E-state index contributed by atoms with van der Waals surface area (Å²) in [5, 5.41) is 17.5. The van der Waals surface area contributed by atoms with E-state index in [2.05, 4.69) is 37.0 Å². The molecule has 0 saturated carbocycles. The fraction of sp³-hybridized carbons (Fsp3) is 0.476. The van der Waals surface area contributed by atoms with Crippen LogP contribution in [0, 0.1) is 13.8 Å². The van der Waals surface area contributed by atoms with Crippen LogP contribution in [0.3, 0.4) is 0 Å². The van der Waals surface area contributed by atoms with Crippen LogP contribution in [0.2, 0.25) is 0 Å². The van der Waals surface area contributed by atoms with Crippen LogP contribution in [-0.2, 0) is 19.1 Å². The summed E-state index contributed by atoms with van der Waals surface area (Å²) in [6, 6.07) is 5.88. The number of hydrogen-bond donors (Lipinski definition) is 3. The van der Waals surface area contributed by atoms with Crippen molar-refractivity contribution < 1.29 is 33.8 Å². The highest BCUT2D eigenvalue weighted by atomic mass is 16.6. The van der Waals surface area contributed by atoms with Crippen LogP contribution in [0.25, 0.3) is 43.7 Å². The van der Waals surface area contributed by atoms with Crippen LogP contribution in [0.15, 0.2) is 28.5 Å². The molecule has 8 bridgehead atoms. The van der Waals surface area contributed by atoms with Crippen LogP contribution in [0.5, 0.6) is 0 Å². The number of imide groups is 1. The van der Waals surface area contributed by atoms with E-state index < -0.39 is 17.8 Å². The number of morpholine rings is 1. The number of ether oxygens (including phenoxy) is 2. The molecule has 17 nitrogen and oxygen atoms in total. The SMILES string of the molecule is CCC1=C(C)c2cc3[nH]c(cc4nc(c5c6[nH]c(cc1n2)c(C)c6C(=O)N(CCN1CCOCC1)C5=O)[C@@H](CCC(=O)O)[C@@H]4C)c(C)c3C=NOCCOCCN=[N+]=[N-]. The number of nitrogens with zero attached hydrogens (tertiary/aromatic N) is 8. The van der Waals surface area contributed by atoms with Gasteiger partial charge in [-0.2, -0.15) is 0 Å². The minimum atomic E-state index is -0.947. The summed E-state index contributed by atoms with van der Waals surface area (Å²) in [5.41, 5.74) is 18.7. The highest BCUT2D eigenvalue weighted by Gasteiger charge is 2.41. The maximum absolute atomic E-state index is 14.8. The van der Waals surface area contributed by atoms with Crippen LogP contribution < -0.4 is 0 Å². The molecule has 3 aromatic rings. The van der Waals surface area contributed by atoms with Crippen molar-refractivity contribution >= 4 is 57.2 Å². The number of nitrogens with one attached hydrogen (secondary N) is 2. The Balaban J connectivity index is 1.44. The van der Waals surface area contributed by atoms with E-state index in [1.165, 1.54) is 4.90 Å². The van der Waals surface area contributed by atoms with Crippen molar-refractivity contribution in [2.75, 3.05) is 65.8 Å². The van der Waals surface area contributed by atoms with Crippen molar-refractivity contribution in [1.82, 2.24) is 29.7 Å². The molecule has 3 aromatic heterocycles. The highest BCUT2D eigenvalue weighted by Crippen LogP contribution is 2.44. The van der Waals surface area contributed by atoms with Crippen molar-refractivity contribution in [3.63, 3.8) is 0 Å². The number of fused-ring (bicyclic) bond motifs is 8. The summed E-state index contributed by atoms with van der Waals surface area (Å²) in [4.78, 5) is 70.4. The van der Waals surface area contributed by atoms with Crippen LogP contribution >= 0.6 is 0 Å². The number of rotatable bonds is 15. The molecule has 17 heteroatoms. The van der Waals surface area contributed by atoms with E-state index >= 15 is 0 Å². The second-order valence-electron chi connectivity index (χ2n) is 15.2. The predicted octanol–water partition coefficient (Wildman–Crippen LogP) is 6.63. The van der Waals surface area contributed by atoms with Gasteiger partial charge in [-0.05, 0) is 79.6 Å². The number of carboxylic acid groups (broad SMARTS) is 1. The lowest BCUT2D eigenvalue weighted by Crippen LogP contribution is -2.47. The maximum atomic E-state index is 14.8. The van der Waals surface area contributed by atoms with Gasteiger partial charge in [0, 0.05) is 83.7 Å². The third kappa shape index (κ3) is 8.37. The number of oxime groups is 1. The molecule has 310 valence electrons. The molecule has 0 unspecified atom stereocenters. The van der Waals surface area contributed by atoms with Crippen molar-refractivity contribution in [2.24, 2.45) is 10.3 Å². The first-order valence-corrected chi connectivity index (χ1v) is 20.1. The summed E-state index contributed by atoms with van der Waals surface area (Å²) >= 11 is 0. The average Bonchev–Trinajstić information content (AvgIpc) is 3.90. The normalized spacial score (nSPS) is 18.2. The Hall–Kier alpha value is -5.87. The first kappa shape index (κ1) is 41.3. The van der Waals surface area contributed by atoms with Gasteiger partial charge in [-0.3, -0.25) is 29.2 Å². The second-order valence-corrected chi connectivity index (χ2v) is 15.2. The van der Waals surface area contributed by atoms with E-state index in [0.29, 0.717) is 72.8 Å². The predicted molar refractivity (Wildman–Crippen MR) is 222 cm³/mol. The Labute approximate surface area is 341 Å². The zero-order valence-electron chi connectivity index (χ0n) is 34.1. The van der Waals surface area contributed by atoms with E-state index in [1.54, 1.807) is 6.21 Å². The number of hydrogen-bond acceptors (Lipinski definition) is 11. The Morgan fingerprint density at radius 1 is 1.00 bits per heavy atom. The molecular weight excluding hydrogens is 757 g/mol. The van der Waals surface area contributed by atoms with Crippen LogP contribution in [0.4, 0.5) is 0 Å². The molecule has 59 heavy (non-hydrogen) atoms. The zero-order chi connectivity index (χ0) is 41.8. The Bertz CT molecular complexity index is 2440.